The summed E-state index contributed by atoms with van der Waals surface area (Å²) in [4.78, 5) is 11.5. The molecule has 0 aliphatic carbocycles. The minimum Gasteiger partial charge on any atom is -0.274 e. The summed E-state index contributed by atoms with van der Waals surface area (Å²) in [5.41, 5.74) is 1.85. The third kappa shape index (κ3) is 5.28. The molecular formula is C14H31NO3S2Si. The van der Waals surface area contributed by atoms with Crippen molar-refractivity contribution in [3.05, 3.63) is 0 Å². The Morgan fingerprint density at radius 1 is 1.05 bits per heavy atom. The van der Waals surface area contributed by atoms with Gasteiger partial charge in [-0.2, -0.15) is 11.2 Å². The van der Waals surface area contributed by atoms with E-state index in [1.165, 1.54) is 6.92 Å². The van der Waals surface area contributed by atoms with Gasteiger partial charge in [-0.05, 0) is 16.6 Å². The van der Waals surface area contributed by atoms with Crippen molar-refractivity contribution in [2.75, 3.05) is 18.6 Å². The Hall–Kier alpha value is -0.0131. The maximum atomic E-state index is 11.6. The zero-order valence-electron chi connectivity index (χ0n) is 14.6. The van der Waals surface area contributed by atoms with Gasteiger partial charge in [-0.3, -0.25) is 4.79 Å². The molecular weight excluding hydrogens is 322 g/mol. The largest absolute Gasteiger partial charge is 0.274 e. The topological polar surface area (TPSA) is 54.5 Å². The first-order chi connectivity index (χ1) is 9.37. The van der Waals surface area contributed by atoms with Crippen LogP contribution < -0.4 is 0 Å². The fourth-order valence-electron chi connectivity index (χ4n) is 3.36. The SMILES string of the molecule is CC(=O)N(CCS[Si](C(C)C)(C(C)C)C(C)C)S(C)(=O)=O. The standard InChI is InChI=1S/C14H31NO3S2Si/c1-11(2)21(12(3)4,13(5)6)19-10-9-15(14(7)16)20(8,17)18/h11-13H,9-10H2,1-8H3. The number of hydrogen-bond acceptors (Lipinski definition) is 4. The third-order valence-corrected chi connectivity index (χ3v) is 18.0. The molecule has 0 N–H and O–H groups in total. The molecule has 0 saturated carbocycles. The van der Waals surface area contributed by atoms with Gasteiger partial charge in [0.2, 0.25) is 15.9 Å². The lowest BCUT2D eigenvalue weighted by Crippen LogP contribution is -2.43. The molecule has 1 amide bonds. The van der Waals surface area contributed by atoms with Crippen LogP contribution in [0.25, 0.3) is 0 Å². The van der Waals surface area contributed by atoms with Gasteiger partial charge < -0.3 is 0 Å². The minimum absolute atomic E-state index is 0.278. The molecule has 0 aliphatic rings. The molecule has 7 heteroatoms. The molecule has 0 aromatic heterocycles. The van der Waals surface area contributed by atoms with Gasteiger partial charge in [0.05, 0.1) is 6.26 Å². The number of rotatable bonds is 8. The number of amides is 1. The molecule has 126 valence electrons. The molecule has 0 atom stereocenters. The first kappa shape index (κ1) is 21.0. The summed E-state index contributed by atoms with van der Waals surface area (Å²) in [6.07, 6.45) is 1.09. The van der Waals surface area contributed by atoms with Crippen LogP contribution in [0, 0.1) is 0 Å². The minimum atomic E-state index is -3.46. The van der Waals surface area contributed by atoms with Crippen molar-refractivity contribution < 1.29 is 13.2 Å². The summed E-state index contributed by atoms with van der Waals surface area (Å²) < 4.78 is 24.3. The molecule has 0 rings (SSSR count). The highest BCUT2D eigenvalue weighted by molar-refractivity contribution is 8.29. The van der Waals surface area contributed by atoms with E-state index in [0.29, 0.717) is 22.4 Å². The second-order valence-electron chi connectivity index (χ2n) is 6.52. The first-order valence-corrected chi connectivity index (χ1v) is 13.3. The van der Waals surface area contributed by atoms with Crippen LogP contribution in [0.1, 0.15) is 48.5 Å². The molecule has 4 nitrogen and oxygen atoms in total. The molecule has 0 saturated heterocycles. The molecule has 0 unspecified atom stereocenters. The third-order valence-electron chi connectivity index (χ3n) is 4.11. The summed E-state index contributed by atoms with van der Waals surface area (Å²) in [6, 6.07) is 0. The lowest BCUT2D eigenvalue weighted by atomic mass is 10.5. The van der Waals surface area contributed by atoms with Crippen LogP contribution in [-0.2, 0) is 14.8 Å². The average Bonchev–Trinajstić information content (AvgIpc) is 2.24. The highest BCUT2D eigenvalue weighted by atomic mass is 32.4. The van der Waals surface area contributed by atoms with Crippen LogP contribution in [-0.4, -0.2) is 44.4 Å². The number of carbonyl (C=O) groups excluding carboxylic acids is 1. The Labute approximate surface area is 135 Å². The molecule has 0 heterocycles. The van der Waals surface area contributed by atoms with Crippen LogP contribution in [0.2, 0.25) is 16.6 Å². The predicted octanol–water partition coefficient (Wildman–Crippen LogP) is 3.70. The van der Waals surface area contributed by atoms with Crippen molar-refractivity contribution in [1.82, 2.24) is 4.31 Å². The summed E-state index contributed by atoms with van der Waals surface area (Å²) in [6.45, 7) is 15.2. The summed E-state index contributed by atoms with van der Waals surface area (Å²) in [5.74, 6) is 0.289. The Bertz CT molecular complexity index is 425. The predicted molar refractivity (Wildman–Crippen MR) is 95.7 cm³/mol. The fourth-order valence-corrected chi connectivity index (χ4v) is 14.3. The van der Waals surface area contributed by atoms with E-state index in [4.69, 9.17) is 0 Å². The van der Waals surface area contributed by atoms with Gasteiger partial charge in [0.25, 0.3) is 0 Å². The van der Waals surface area contributed by atoms with E-state index in [9.17, 15) is 13.2 Å². The van der Waals surface area contributed by atoms with Gasteiger partial charge in [-0.1, -0.05) is 41.5 Å². The lowest BCUT2D eigenvalue weighted by molar-refractivity contribution is -0.124. The van der Waals surface area contributed by atoms with Crippen LogP contribution in [0.5, 0.6) is 0 Å². The Morgan fingerprint density at radius 3 is 1.67 bits per heavy atom. The molecule has 0 spiro atoms. The Balaban J connectivity index is 5.06. The van der Waals surface area contributed by atoms with Crippen molar-refractivity contribution in [2.24, 2.45) is 0 Å². The van der Waals surface area contributed by atoms with Crippen molar-refractivity contribution in [2.45, 2.75) is 65.1 Å². The second kappa shape index (κ2) is 8.01. The van der Waals surface area contributed by atoms with E-state index >= 15 is 0 Å². The van der Waals surface area contributed by atoms with E-state index in [1.807, 2.05) is 11.2 Å². The highest BCUT2D eigenvalue weighted by Gasteiger charge is 2.43. The van der Waals surface area contributed by atoms with Gasteiger partial charge in [0.15, 0.2) is 0 Å². The average molecular weight is 354 g/mol. The Kier molecular flexibility index (Phi) is 8.01. The monoisotopic (exact) mass is 353 g/mol. The molecule has 0 bridgehead atoms. The van der Waals surface area contributed by atoms with Crippen molar-refractivity contribution >= 4 is 34.4 Å². The van der Waals surface area contributed by atoms with Crippen molar-refractivity contribution in [1.29, 1.82) is 0 Å². The fraction of sp³-hybridized carbons (Fsp3) is 0.929. The smallest absolute Gasteiger partial charge is 0.234 e. The van der Waals surface area contributed by atoms with Gasteiger partial charge in [-0.25, -0.2) is 12.7 Å². The van der Waals surface area contributed by atoms with E-state index in [2.05, 4.69) is 41.5 Å². The number of hydrogen-bond donors (Lipinski definition) is 0. The molecule has 0 aromatic rings. The molecule has 0 aliphatic heterocycles. The normalized spacial score (nSPS) is 13.3. The zero-order valence-corrected chi connectivity index (χ0v) is 17.3. The van der Waals surface area contributed by atoms with Gasteiger partial charge in [-0.15, -0.1) is 0 Å². The molecule has 0 radical (unpaired) electrons. The number of sulfonamides is 1. The van der Waals surface area contributed by atoms with Crippen molar-refractivity contribution in [3.63, 3.8) is 0 Å². The van der Waals surface area contributed by atoms with E-state index in [0.717, 1.165) is 10.6 Å². The Morgan fingerprint density at radius 2 is 1.43 bits per heavy atom. The highest BCUT2D eigenvalue weighted by Crippen LogP contribution is 2.49. The first-order valence-electron chi connectivity index (χ1n) is 7.49. The van der Waals surface area contributed by atoms with Gasteiger partial charge in [0.1, 0.15) is 7.22 Å². The maximum absolute atomic E-state index is 11.6. The lowest BCUT2D eigenvalue weighted by Gasteiger charge is -2.42. The molecule has 0 fully saturated rings. The summed E-state index contributed by atoms with van der Waals surface area (Å²) >= 11 is 1.94. The van der Waals surface area contributed by atoms with Gasteiger partial charge >= 0.3 is 0 Å². The summed E-state index contributed by atoms with van der Waals surface area (Å²) in [5, 5.41) is 0. The van der Waals surface area contributed by atoms with E-state index in [1.54, 1.807) is 0 Å². The second-order valence-corrected chi connectivity index (χ2v) is 17.3. The molecule has 0 aromatic carbocycles. The maximum Gasteiger partial charge on any atom is 0.234 e. The van der Waals surface area contributed by atoms with E-state index < -0.39 is 23.2 Å². The quantitative estimate of drug-likeness (QED) is 0.624. The van der Waals surface area contributed by atoms with Crippen LogP contribution in [0.3, 0.4) is 0 Å². The molecule has 21 heavy (non-hydrogen) atoms. The summed E-state index contributed by atoms with van der Waals surface area (Å²) in [7, 11) is -5.06. The van der Waals surface area contributed by atoms with E-state index in [-0.39, 0.29) is 6.54 Å². The van der Waals surface area contributed by atoms with Crippen molar-refractivity contribution in [3.8, 4) is 0 Å². The van der Waals surface area contributed by atoms with Crippen LogP contribution in [0.15, 0.2) is 0 Å². The number of nitrogens with zero attached hydrogens (tertiary/aromatic N) is 1. The van der Waals surface area contributed by atoms with Gasteiger partial charge in [0, 0.05) is 19.2 Å². The zero-order chi connectivity index (χ0) is 17.0. The number of carbonyl (C=O) groups is 1. The van der Waals surface area contributed by atoms with Crippen LogP contribution >= 0.6 is 11.2 Å². The van der Waals surface area contributed by atoms with Crippen LogP contribution in [0.4, 0.5) is 0 Å².